The van der Waals surface area contributed by atoms with Crippen LogP contribution in [0.4, 0.5) is 0 Å². The molecule has 0 atom stereocenters. The number of thiophene rings is 1. The molecule has 0 radical (unpaired) electrons. The predicted molar refractivity (Wildman–Crippen MR) is 95.7 cm³/mol. The van der Waals surface area contributed by atoms with Crippen molar-refractivity contribution in [3.05, 3.63) is 57.8 Å². The first-order valence-corrected chi connectivity index (χ1v) is 8.37. The number of hydrogen-bond acceptors (Lipinski definition) is 2. The summed E-state index contributed by atoms with van der Waals surface area (Å²) >= 11 is 7.03. The van der Waals surface area contributed by atoms with Gasteiger partial charge in [0.2, 0.25) is 0 Å². The number of thiocarbonyl (C=S) groups is 1. The molecule has 21 heavy (non-hydrogen) atoms. The van der Waals surface area contributed by atoms with Gasteiger partial charge in [-0.05, 0) is 40.2 Å². The zero-order valence-corrected chi connectivity index (χ0v) is 14.4. The third-order valence-electron chi connectivity index (χ3n) is 3.28. The smallest absolute Gasteiger partial charge is 0.166 e. The molecule has 1 aromatic heterocycles. The van der Waals surface area contributed by atoms with Gasteiger partial charge in [0.05, 0.1) is 6.54 Å². The number of hydrogen-bond donors (Lipinski definition) is 2. The van der Waals surface area contributed by atoms with Crippen molar-refractivity contribution < 1.29 is 0 Å². The average molecular weight is 319 g/mol. The van der Waals surface area contributed by atoms with Gasteiger partial charge in [-0.15, -0.1) is 11.3 Å². The molecular formula is C17H22N2S2. The molecule has 0 bridgehead atoms. The van der Waals surface area contributed by atoms with E-state index in [4.69, 9.17) is 12.2 Å². The molecule has 0 saturated carbocycles. The molecule has 0 aliphatic heterocycles. The quantitative estimate of drug-likeness (QED) is 0.826. The van der Waals surface area contributed by atoms with Gasteiger partial charge in [-0.1, -0.05) is 51.1 Å². The predicted octanol–water partition coefficient (Wildman–Crippen LogP) is 4.21. The lowest BCUT2D eigenvalue weighted by Crippen LogP contribution is -2.34. The van der Waals surface area contributed by atoms with Gasteiger partial charge in [-0.3, -0.25) is 0 Å². The van der Waals surface area contributed by atoms with Crippen LogP contribution in [-0.2, 0) is 18.5 Å². The van der Waals surface area contributed by atoms with Crippen LogP contribution < -0.4 is 10.6 Å². The van der Waals surface area contributed by atoms with Gasteiger partial charge in [0, 0.05) is 11.4 Å². The van der Waals surface area contributed by atoms with Gasteiger partial charge in [-0.25, -0.2) is 0 Å². The Kier molecular flexibility index (Phi) is 5.37. The van der Waals surface area contributed by atoms with Crippen LogP contribution in [0.1, 0.15) is 36.8 Å². The van der Waals surface area contributed by atoms with Crippen LogP contribution in [-0.4, -0.2) is 5.11 Å². The zero-order valence-electron chi connectivity index (χ0n) is 12.8. The van der Waals surface area contributed by atoms with Gasteiger partial charge in [0.25, 0.3) is 0 Å². The van der Waals surface area contributed by atoms with E-state index in [0.29, 0.717) is 5.11 Å². The van der Waals surface area contributed by atoms with Crippen molar-refractivity contribution >= 4 is 28.7 Å². The number of nitrogens with one attached hydrogen (secondary N) is 2. The Hall–Kier alpha value is -1.39. The number of rotatable bonds is 4. The number of benzene rings is 1. The SMILES string of the molecule is CC(C)(C)c1ccc(CNC(=S)NCc2cccs2)cc1. The van der Waals surface area contributed by atoms with E-state index in [1.54, 1.807) is 11.3 Å². The van der Waals surface area contributed by atoms with Gasteiger partial charge >= 0.3 is 0 Å². The molecule has 0 unspecified atom stereocenters. The maximum absolute atomic E-state index is 5.29. The summed E-state index contributed by atoms with van der Waals surface area (Å²) in [6.07, 6.45) is 0. The molecule has 4 heteroatoms. The molecule has 0 saturated heterocycles. The second kappa shape index (κ2) is 7.05. The highest BCUT2D eigenvalue weighted by atomic mass is 32.1. The van der Waals surface area contributed by atoms with Crippen LogP contribution in [0, 0.1) is 0 Å². The van der Waals surface area contributed by atoms with E-state index in [-0.39, 0.29) is 5.41 Å². The van der Waals surface area contributed by atoms with E-state index < -0.39 is 0 Å². The van der Waals surface area contributed by atoms with Crippen LogP contribution in [0.15, 0.2) is 41.8 Å². The summed E-state index contributed by atoms with van der Waals surface area (Å²) in [6, 6.07) is 12.9. The maximum Gasteiger partial charge on any atom is 0.166 e. The summed E-state index contributed by atoms with van der Waals surface area (Å²) in [5.74, 6) is 0. The third kappa shape index (κ3) is 5.14. The Labute approximate surface area is 136 Å². The molecule has 112 valence electrons. The van der Waals surface area contributed by atoms with Gasteiger partial charge in [0.15, 0.2) is 5.11 Å². The van der Waals surface area contributed by atoms with E-state index in [2.05, 4.69) is 73.2 Å². The van der Waals surface area contributed by atoms with Gasteiger partial charge < -0.3 is 10.6 Å². The molecular weight excluding hydrogens is 296 g/mol. The Morgan fingerprint density at radius 2 is 1.71 bits per heavy atom. The first-order chi connectivity index (χ1) is 9.95. The lowest BCUT2D eigenvalue weighted by Gasteiger charge is -2.19. The molecule has 2 N–H and O–H groups in total. The van der Waals surface area contributed by atoms with Crippen molar-refractivity contribution in [2.75, 3.05) is 0 Å². The van der Waals surface area contributed by atoms with Crippen LogP contribution in [0.3, 0.4) is 0 Å². The molecule has 2 aromatic rings. The minimum atomic E-state index is 0.198. The van der Waals surface area contributed by atoms with E-state index in [1.807, 2.05) is 0 Å². The van der Waals surface area contributed by atoms with Crippen molar-refractivity contribution in [2.24, 2.45) is 0 Å². The largest absolute Gasteiger partial charge is 0.359 e. The summed E-state index contributed by atoms with van der Waals surface area (Å²) in [4.78, 5) is 1.29. The maximum atomic E-state index is 5.29. The fourth-order valence-electron chi connectivity index (χ4n) is 1.95. The van der Waals surface area contributed by atoms with E-state index in [0.717, 1.165) is 13.1 Å². The van der Waals surface area contributed by atoms with Crippen molar-refractivity contribution in [1.29, 1.82) is 0 Å². The average Bonchev–Trinajstić information content (AvgIpc) is 2.95. The second-order valence-electron chi connectivity index (χ2n) is 6.06. The monoisotopic (exact) mass is 318 g/mol. The summed E-state index contributed by atoms with van der Waals surface area (Å²) in [7, 11) is 0. The van der Waals surface area contributed by atoms with E-state index in [1.165, 1.54) is 16.0 Å². The van der Waals surface area contributed by atoms with Crippen LogP contribution in [0.2, 0.25) is 0 Å². The van der Waals surface area contributed by atoms with Crippen LogP contribution in [0.25, 0.3) is 0 Å². The lowest BCUT2D eigenvalue weighted by atomic mass is 9.87. The molecule has 2 nitrogen and oxygen atoms in total. The van der Waals surface area contributed by atoms with Crippen molar-refractivity contribution in [1.82, 2.24) is 10.6 Å². The molecule has 1 heterocycles. The normalized spacial score (nSPS) is 11.2. The zero-order chi connectivity index (χ0) is 15.3. The van der Waals surface area contributed by atoms with Crippen molar-refractivity contribution in [3.8, 4) is 0 Å². The summed E-state index contributed by atoms with van der Waals surface area (Å²) in [5.41, 5.74) is 2.79. The lowest BCUT2D eigenvalue weighted by molar-refractivity contribution is 0.590. The first-order valence-electron chi connectivity index (χ1n) is 7.08. The molecule has 1 aromatic carbocycles. The molecule has 0 aliphatic rings. The summed E-state index contributed by atoms with van der Waals surface area (Å²) in [6.45, 7) is 8.21. The minimum Gasteiger partial charge on any atom is -0.359 e. The molecule has 0 fully saturated rings. The van der Waals surface area contributed by atoms with Gasteiger partial charge in [0.1, 0.15) is 0 Å². The standard InChI is InChI=1S/C17H22N2S2/c1-17(2,3)14-8-6-13(7-9-14)11-18-16(20)19-12-15-5-4-10-21-15/h4-10H,11-12H2,1-3H3,(H2,18,19,20). The van der Waals surface area contributed by atoms with Crippen molar-refractivity contribution in [2.45, 2.75) is 39.3 Å². The Morgan fingerprint density at radius 1 is 1.05 bits per heavy atom. The Morgan fingerprint density at radius 3 is 2.29 bits per heavy atom. The molecule has 0 aliphatic carbocycles. The third-order valence-corrected chi connectivity index (χ3v) is 4.44. The second-order valence-corrected chi connectivity index (χ2v) is 7.50. The van der Waals surface area contributed by atoms with E-state index >= 15 is 0 Å². The van der Waals surface area contributed by atoms with E-state index in [9.17, 15) is 0 Å². The summed E-state index contributed by atoms with van der Waals surface area (Å²) < 4.78 is 0. The topological polar surface area (TPSA) is 24.1 Å². The van der Waals surface area contributed by atoms with Crippen LogP contribution >= 0.6 is 23.6 Å². The highest BCUT2D eigenvalue weighted by molar-refractivity contribution is 7.80. The molecule has 0 spiro atoms. The Bertz CT molecular complexity index is 566. The van der Waals surface area contributed by atoms with Crippen molar-refractivity contribution in [3.63, 3.8) is 0 Å². The Balaban J connectivity index is 1.78. The molecule has 2 rings (SSSR count). The molecule has 0 amide bonds. The highest BCUT2D eigenvalue weighted by Gasteiger charge is 2.12. The fourth-order valence-corrected chi connectivity index (χ4v) is 2.74. The fraction of sp³-hybridized carbons (Fsp3) is 0.353. The van der Waals surface area contributed by atoms with Crippen LogP contribution in [0.5, 0.6) is 0 Å². The first kappa shape index (κ1) is 16.0. The summed E-state index contributed by atoms with van der Waals surface area (Å²) in [5, 5.41) is 9.24. The van der Waals surface area contributed by atoms with Gasteiger partial charge in [-0.2, -0.15) is 0 Å². The minimum absolute atomic E-state index is 0.198. The highest BCUT2D eigenvalue weighted by Crippen LogP contribution is 2.22.